The van der Waals surface area contributed by atoms with Gasteiger partial charge in [-0.05, 0) is 117 Å². The van der Waals surface area contributed by atoms with E-state index in [2.05, 4.69) is 205 Å². The number of aryl methyl sites for hydroxylation is 2. The van der Waals surface area contributed by atoms with Crippen molar-refractivity contribution < 1.29 is 0 Å². The lowest BCUT2D eigenvalue weighted by molar-refractivity contribution is 0.725. The normalized spacial score (nSPS) is 15.4. The van der Waals surface area contributed by atoms with Gasteiger partial charge in [-0.15, -0.1) is 0 Å². The van der Waals surface area contributed by atoms with Crippen LogP contribution in [0.25, 0.3) is 56.0 Å². The van der Waals surface area contributed by atoms with Gasteiger partial charge in [-0.3, -0.25) is 0 Å². The molecule has 2 heteroatoms. The first-order valence-electron chi connectivity index (χ1n) is 20.9. The van der Waals surface area contributed by atoms with Gasteiger partial charge in [0.2, 0.25) is 0 Å². The fourth-order valence-electron chi connectivity index (χ4n) is 9.48. The quantitative estimate of drug-likeness (QED) is 0.136. The zero-order valence-corrected chi connectivity index (χ0v) is 32.9. The van der Waals surface area contributed by atoms with E-state index in [1.54, 1.807) is 0 Å². The molecule has 2 nitrogen and oxygen atoms in total. The topological polar surface area (TPSA) is 8.17 Å². The molecule has 0 radical (unpaired) electrons. The Hall–Kier alpha value is -6.38. The van der Waals surface area contributed by atoms with Crippen LogP contribution in [0.1, 0.15) is 67.0 Å². The van der Waals surface area contributed by atoms with E-state index in [4.69, 9.17) is 0 Å². The van der Waals surface area contributed by atoms with Crippen LogP contribution < -0.4 is 4.90 Å². The monoisotopic (exact) mass is 736 g/mol. The van der Waals surface area contributed by atoms with Crippen molar-refractivity contribution in [2.75, 3.05) is 4.90 Å². The summed E-state index contributed by atoms with van der Waals surface area (Å²) in [5.74, 6) is 0.203. The van der Waals surface area contributed by atoms with Crippen molar-refractivity contribution in [3.05, 3.63) is 204 Å². The number of unbranched alkanes of at least 4 members (excludes halogenated alkanes) is 1. The molecule has 2 aliphatic rings. The second kappa shape index (κ2) is 14.9. The molecule has 2 atom stereocenters. The molecule has 0 N–H and O–H groups in total. The first kappa shape index (κ1) is 35.1. The lowest BCUT2D eigenvalue weighted by atomic mass is 9.82. The molecule has 0 spiro atoms. The Labute approximate surface area is 337 Å². The van der Waals surface area contributed by atoms with E-state index in [0.29, 0.717) is 0 Å². The summed E-state index contributed by atoms with van der Waals surface area (Å²) in [4.78, 5) is 2.56. The summed E-state index contributed by atoms with van der Waals surface area (Å²) in [6.07, 6.45) is 10.7. The highest BCUT2D eigenvalue weighted by molar-refractivity contribution is 5.94. The third-order valence-corrected chi connectivity index (χ3v) is 12.3. The van der Waals surface area contributed by atoms with Crippen molar-refractivity contribution in [1.29, 1.82) is 0 Å². The lowest BCUT2D eigenvalue weighted by Gasteiger charge is -2.31. The van der Waals surface area contributed by atoms with Crippen LogP contribution in [0.3, 0.4) is 0 Å². The number of hydrogen-bond acceptors (Lipinski definition) is 1. The average molecular weight is 737 g/mol. The lowest BCUT2D eigenvalue weighted by Crippen LogP contribution is -2.30. The van der Waals surface area contributed by atoms with Crippen LogP contribution in [-0.2, 0) is 12.8 Å². The highest BCUT2D eigenvalue weighted by Gasteiger charge is 2.43. The van der Waals surface area contributed by atoms with E-state index in [9.17, 15) is 0 Å². The van der Waals surface area contributed by atoms with Crippen molar-refractivity contribution in [3.8, 4) is 39.1 Å². The number of fused-ring (bicyclic) bond motifs is 7. The van der Waals surface area contributed by atoms with Gasteiger partial charge in [0.05, 0.1) is 17.3 Å². The molecule has 0 saturated heterocycles. The molecular weight excluding hydrogens is 689 g/mol. The van der Waals surface area contributed by atoms with Crippen molar-refractivity contribution >= 4 is 28.4 Å². The molecule has 7 aromatic carbocycles. The number of anilines is 2. The predicted octanol–water partition coefficient (Wildman–Crippen LogP) is 14.6. The fourth-order valence-corrected chi connectivity index (χ4v) is 9.48. The standard InChI is InChI=1S/C55H48N2/c1-3-5-13-38-22-24-40(25-23-38)41-26-28-42(29-27-41)45-16-11-17-47(37-45)57-51-21-9-7-19-49(51)55-53(57)35-34-52-54(55)48-18-6-8-20-50(48)56(52)46-32-30-43(31-33-46)44-15-10-14-39(36-44)12-4-2/h6-11,14-37,52,54H,3-5,12-13H2,1-2H3. The van der Waals surface area contributed by atoms with Gasteiger partial charge in [0.15, 0.2) is 0 Å². The predicted molar refractivity (Wildman–Crippen MR) is 242 cm³/mol. The Bertz CT molecular complexity index is 2730. The van der Waals surface area contributed by atoms with Crippen LogP contribution in [0.5, 0.6) is 0 Å². The zero-order chi connectivity index (χ0) is 38.3. The van der Waals surface area contributed by atoms with Gasteiger partial charge in [0.1, 0.15) is 0 Å². The molecular formula is C55H48N2. The van der Waals surface area contributed by atoms with Crippen LogP contribution in [-0.4, -0.2) is 10.6 Å². The van der Waals surface area contributed by atoms with Crippen LogP contribution >= 0.6 is 0 Å². The van der Waals surface area contributed by atoms with E-state index >= 15 is 0 Å². The minimum atomic E-state index is 0.172. The first-order chi connectivity index (χ1) is 28.2. The van der Waals surface area contributed by atoms with Gasteiger partial charge in [-0.1, -0.05) is 166 Å². The molecule has 2 unspecified atom stereocenters. The Morgan fingerprint density at radius 2 is 1.14 bits per heavy atom. The Morgan fingerprint density at radius 3 is 1.89 bits per heavy atom. The van der Waals surface area contributed by atoms with Crippen molar-refractivity contribution in [2.24, 2.45) is 0 Å². The summed E-state index contributed by atoms with van der Waals surface area (Å²) in [6, 6.07) is 63.7. The second-order valence-corrected chi connectivity index (χ2v) is 15.8. The number of hydrogen-bond donors (Lipinski definition) is 0. The Morgan fingerprint density at radius 1 is 0.491 bits per heavy atom. The summed E-state index contributed by atoms with van der Waals surface area (Å²) < 4.78 is 2.49. The third-order valence-electron chi connectivity index (χ3n) is 12.3. The Kier molecular flexibility index (Phi) is 9.19. The van der Waals surface area contributed by atoms with Gasteiger partial charge in [0.25, 0.3) is 0 Å². The zero-order valence-electron chi connectivity index (χ0n) is 32.9. The maximum Gasteiger partial charge on any atom is 0.0637 e. The van der Waals surface area contributed by atoms with Crippen LogP contribution in [0, 0.1) is 0 Å². The molecule has 8 aromatic rings. The summed E-state index contributed by atoms with van der Waals surface area (Å²) >= 11 is 0. The summed E-state index contributed by atoms with van der Waals surface area (Å²) in [6.45, 7) is 4.50. The van der Waals surface area contributed by atoms with E-state index in [1.807, 2.05) is 0 Å². The summed E-state index contributed by atoms with van der Waals surface area (Å²) in [7, 11) is 0. The number of aromatic nitrogens is 1. The summed E-state index contributed by atoms with van der Waals surface area (Å²) in [5, 5.41) is 1.32. The molecule has 0 fully saturated rings. The van der Waals surface area contributed by atoms with Crippen molar-refractivity contribution in [3.63, 3.8) is 0 Å². The SMILES string of the molecule is CCCCc1ccc(-c2ccc(-c3cccc(-n4c5c(c6ccccc64)C4c6ccccc6N(c6ccc(-c7cccc(CCC)c7)cc6)C4C=C5)c3)cc2)cc1. The molecule has 10 rings (SSSR count). The number of benzene rings is 7. The van der Waals surface area contributed by atoms with Crippen LogP contribution in [0.4, 0.5) is 11.4 Å². The van der Waals surface area contributed by atoms with Gasteiger partial charge < -0.3 is 9.47 Å². The number of rotatable bonds is 10. The van der Waals surface area contributed by atoms with Crippen molar-refractivity contribution in [1.82, 2.24) is 4.57 Å². The molecule has 278 valence electrons. The maximum atomic E-state index is 2.56. The summed E-state index contributed by atoms with van der Waals surface area (Å²) in [5.41, 5.74) is 19.3. The fraction of sp³-hybridized carbons (Fsp3) is 0.164. The van der Waals surface area contributed by atoms with Gasteiger partial charge in [-0.25, -0.2) is 0 Å². The smallest absolute Gasteiger partial charge is 0.0637 e. The maximum absolute atomic E-state index is 2.56. The van der Waals surface area contributed by atoms with E-state index in [0.717, 1.165) is 19.3 Å². The largest absolute Gasteiger partial charge is 0.333 e. The molecule has 1 aromatic heterocycles. The van der Waals surface area contributed by atoms with E-state index in [-0.39, 0.29) is 12.0 Å². The molecule has 0 amide bonds. The molecule has 57 heavy (non-hydrogen) atoms. The molecule has 1 aliphatic heterocycles. The second-order valence-electron chi connectivity index (χ2n) is 15.8. The first-order valence-corrected chi connectivity index (χ1v) is 20.9. The van der Waals surface area contributed by atoms with Crippen LogP contribution in [0.15, 0.2) is 176 Å². The highest BCUT2D eigenvalue weighted by Crippen LogP contribution is 2.54. The minimum Gasteiger partial charge on any atom is -0.333 e. The average Bonchev–Trinajstić information content (AvgIpc) is 3.79. The molecule has 2 heterocycles. The van der Waals surface area contributed by atoms with Gasteiger partial charge >= 0.3 is 0 Å². The minimum absolute atomic E-state index is 0.172. The number of para-hydroxylation sites is 2. The third kappa shape index (κ3) is 6.30. The molecule has 0 saturated carbocycles. The van der Waals surface area contributed by atoms with Gasteiger partial charge in [-0.2, -0.15) is 0 Å². The van der Waals surface area contributed by atoms with Crippen LogP contribution in [0.2, 0.25) is 0 Å². The van der Waals surface area contributed by atoms with E-state index in [1.165, 1.54) is 102 Å². The van der Waals surface area contributed by atoms with E-state index < -0.39 is 0 Å². The van der Waals surface area contributed by atoms with Crippen molar-refractivity contribution in [2.45, 2.75) is 57.9 Å². The Balaban J connectivity index is 1.000. The molecule has 0 bridgehead atoms. The number of nitrogens with zero attached hydrogens (tertiary/aromatic N) is 2. The van der Waals surface area contributed by atoms with Gasteiger partial charge in [0, 0.05) is 28.4 Å². The highest BCUT2D eigenvalue weighted by atomic mass is 15.2. The molecule has 1 aliphatic carbocycles.